The number of nitro benzene ring substituents is 1. The van der Waals surface area contributed by atoms with Crippen molar-refractivity contribution in [1.29, 1.82) is 0 Å². The van der Waals surface area contributed by atoms with E-state index >= 15 is 0 Å². The molecule has 0 aromatic heterocycles. The first-order valence-corrected chi connectivity index (χ1v) is 8.86. The molecule has 1 heterocycles. The molecule has 26 heavy (non-hydrogen) atoms. The van der Waals surface area contributed by atoms with Crippen LogP contribution in [0.3, 0.4) is 0 Å². The molecule has 0 saturated heterocycles. The second kappa shape index (κ2) is 7.85. The molecule has 1 atom stereocenters. The molecule has 0 aliphatic carbocycles. The third-order valence-corrected chi connectivity index (χ3v) is 5.06. The third-order valence-electron chi connectivity index (χ3n) is 4.75. The molecule has 1 amide bonds. The molecule has 1 unspecified atom stereocenters. The standard InChI is InChI=1S/C19H20ClN3O3/c1-13(22-9-8-14-4-2-3-5-15(14)12-22)11-21-19(24)17-7-6-16(23(25)26)10-18(17)20/h2-7,10,13H,8-9,11-12H2,1H3,(H,21,24). The van der Waals surface area contributed by atoms with Crippen LogP contribution < -0.4 is 5.32 Å². The van der Waals surface area contributed by atoms with E-state index in [-0.39, 0.29) is 28.2 Å². The number of benzene rings is 2. The van der Waals surface area contributed by atoms with Gasteiger partial charge in [0.1, 0.15) is 0 Å². The number of fused-ring (bicyclic) bond motifs is 1. The molecule has 0 bridgehead atoms. The molecular weight excluding hydrogens is 354 g/mol. The van der Waals surface area contributed by atoms with Crippen LogP contribution in [-0.2, 0) is 13.0 Å². The largest absolute Gasteiger partial charge is 0.350 e. The zero-order chi connectivity index (χ0) is 18.7. The quantitative estimate of drug-likeness (QED) is 0.643. The van der Waals surface area contributed by atoms with Gasteiger partial charge in [-0.05, 0) is 30.5 Å². The van der Waals surface area contributed by atoms with Crippen molar-refractivity contribution in [2.24, 2.45) is 0 Å². The number of non-ortho nitro benzene ring substituents is 1. The van der Waals surface area contributed by atoms with Crippen LogP contribution in [-0.4, -0.2) is 34.9 Å². The highest BCUT2D eigenvalue weighted by molar-refractivity contribution is 6.34. The lowest BCUT2D eigenvalue weighted by Crippen LogP contribution is -2.44. The summed E-state index contributed by atoms with van der Waals surface area (Å²) in [7, 11) is 0. The Morgan fingerprint density at radius 3 is 2.73 bits per heavy atom. The first kappa shape index (κ1) is 18.4. The number of nitro groups is 1. The monoisotopic (exact) mass is 373 g/mol. The van der Waals surface area contributed by atoms with E-state index in [4.69, 9.17) is 11.6 Å². The third kappa shape index (κ3) is 4.03. The second-order valence-corrected chi connectivity index (χ2v) is 6.88. The fraction of sp³-hybridized carbons (Fsp3) is 0.316. The van der Waals surface area contributed by atoms with Crippen molar-refractivity contribution in [1.82, 2.24) is 10.2 Å². The second-order valence-electron chi connectivity index (χ2n) is 6.47. The number of hydrogen-bond donors (Lipinski definition) is 1. The van der Waals surface area contributed by atoms with Gasteiger partial charge in [-0.15, -0.1) is 0 Å². The van der Waals surface area contributed by atoms with Crippen molar-refractivity contribution in [2.75, 3.05) is 13.1 Å². The van der Waals surface area contributed by atoms with Gasteiger partial charge in [0.15, 0.2) is 0 Å². The highest BCUT2D eigenvalue weighted by atomic mass is 35.5. The summed E-state index contributed by atoms with van der Waals surface area (Å²) in [5, 5.41) is 13.7. The average molecular weight is 374 g/mol. The molecule has 1 N–H and O–H groups in total. The van der Waals surface area contributed by atoms with Gasteiger partial charge in [0, 0.05) is 37.8 Å². The number of carbonyl (C=O) groups excluding carboxylic acids is 1. The minimum atomic E-state index is -0.538. The van der Waals surface area contributed by atoms with Gasteiger partial charge in [-0.3, -0.25) is 19.8 Å². The van der Waals surface area contributed by atoms with Crippen molar-refractivity contribution in [3.63, 3.8) is 0 Å². The molecule has 2 aromatic rings. The van der Waals surface area contributed by atoms with Crippen molar-refractivity contribution in [3.05, 3.63) is 74.3 Å². The molecular formula is C19H20ClN3O3. The van der Waals surface area contributed by atoms with Gasteiger partial charge >= 0.3 is 0 Å². The predicted molar refractivity (Wildman–Crippen MR) is 100 cm³/mol. The highest BCUT2D eigenvalue weighted by Gasteiger charge is 2.21. The molecule has 1 aliphatic rings. The first-order valence-electron chi connectivity index (χ1n) is 8.48. The summed E-state index contributed by atoms with van der Waals surface area (Å²) in [6.07, 6.45) is 1.00. The van der Waals surface area contributed by atoms with Crippen LogP contribution >= 0.6 is 11.6 Å². The molecule has 6 nitrogen and oxygen atoms in total. The van der Waals surface area contributed by atoms with E-state index in [0.29, 0.717) is 6.54 Å². The van der Waals surface area contributed by atoms with Gasteiger partial charge in [0.05, 0.1) is 15.5 Å². The summed E-state index contributed by atoms with van der Waals surface area (Å²) in [6, 6.07) is 12.4. The lowest BCUT2D eigenvalue weighted by Gasteiger charge is -2.33. The van der Waals surface area contributed by atoms with Gasteiger partial charge in [-0.1, -0.05) is 35.9 Å². The Labute approximate surface area is 156 Å². The average Bonchev–Trinajstić information content (AvgIpc) is 2.65. The molecule has 0 fully saturated rings. The van der Waals surface area contributed by atoms with Crippen molar-refractivity contribution in [2.45, 2.75) is 25.9 Å². The minimum absolute atomic E-state index is 0.0799. The van der Waals surface area contributed by atoms with Crippen molar-refractivity contribution < 1.29 is 9.72 Å². The number of nitrogens with one attached hydrogen (secondary N) is 1. The summed E-state index contributed by atoms with van der Waals surface area (Å²) >= 11 is 6.01. The van der Waals surface area contributed by atoms with E-state index in [9.17, 15) is 14.9 Å². The zero-order valence-electron chi connectivity index (χ0n) is 14.4. The van der Waals surface area contributed by atoms with Crippen molar-refractivity contribution >= 4 is 23.2 Å². The maximum atomic E-state index is 12.3. The Kier molecular flexibility index (Phi) is 5.54. The predicted octanol–water partition coefficient (Wildman–Crippen LogP) is 3.42. The zero-order valence-corrected chi connectivity index (χ0v) is 15.2. The number of halogens is 1. The Balaban J connectivity index is 1.59. The van der Waals surface area contributed by atoms with Crippen LogP contribution in [0.2, 0.25) is 5.02 Å². The van der Waals surface area contributed by atoms with Crippen LogP contribution in [0.25, 0.3) is 0 Å². The number of hydrogen-bond acceptors (Lipinski definition) is 4. The number of rotatable bonds is 5. The number of carbonyl (C=O) groups is 1. The fourth-order valence-corrected chi connectivity index (χ4v) is 3.42. The van der Waals surface area contributed by atoms with Crippen molar-refractivity contribution in [3.8, 4) is 0 Å². The molecule has 7 heteroatoms. The fourth-order valence-electron chi connectivity index (χ4n) is 3.16. The first-order chi connectivity index (χ1) is 12.5. The molecule has 136 valence electrons. The molecule has 0 radical (unpaired) electrons. The molecule has 2 aromatic carbocycles. The normalized spacial score (nSPS) is 15.2. The molecule has 0 saturated carbocycles. The van der Waals surface area contributed by atoms with Gasteiger partial charge in [0.25, 0.3) is 11.6 Å². The van der Waals surface area contributed by atoms with E-state index in [2.05, 4.69) is 35.3 Å². The Bertz CT molecular complexity index is 841. The van der Waals surface area contributed by atoms with Crippen LogP contribution in [0.4, 0.5) is 5.69 Å². The Morgan fingerprint density at radius 2 is 2.04 bits per heavy atom. The van der Waals surface area contributed by atoms with Gasteiger partial charge in [-0.25, -0.2) is 0 Å². The van der Waals surface area contributed by atoms with Gasteiger partial charge in [-0.2, -0.15) is 0 Å². The van der Waals surface area contributed by atoms with E-state index in [1.54, 1.807) is 0 Å². The van der Waals surface area contributed by atoms with E-state index in [1.807, 2.05) is 6.07 Å². The summed E-state index contributed by atoms with van der Waals surface area (Å²) in [4.78, 5) is 24.9. The van der Waals surface area contributed by atoms with E-state index in [1.165, 1.54) is 29.3 Å². The Morgan fingerprint density at radius 1 is 1.31 bits per heavy atom. The van der Waals surface area contributed by atoms with Crippen LogP contribution in [0.15, 0.2) is 42.5 Å². The molecule has 1 aliphatic heterocycles. The lowest BCUT2D eigenvalue weighted by atomic mass is 9.99. The summed E-state index contributed by atoms with van der Waals surface area (Å²) < 4.78 is 0. The summed E-state index contributed by atoms with van der Waals surface area (Å²) in [5.41, 5.74) is 2.83. The molecule has 0 spiro atoms. The minimum Gasteiger partial charge on any atom is -0.350 e. The maximum absolute atomic E-state index is 12.3. The lowest BCUT2D eigenvalue weighted by molar-refractivity contribution is -0.384. The van der Waals surface area contributed by atoms with Crippen LogP contribution in [0, 0.1) is 10.1 Å². The van der Waals surface area contributed by atoms with E-state index in [0.717, 1.165) is 19.5 Å². The SMILES string of the molecule is CC(CNC(=O)c1ccc([N+](=O)[O-])cc1Cl)N1CCc2ccccc2C1. The van der Waals surface area contributed by atoms with Crippen LogP contribution in [0.5, 0.6) is 0 Å². The topological polar surface area (TPSA) is 75.5 Å². The van der Waals surface area contributed by atoms with Gasteiger partial charge < -0.3 is 5.32 Å². The highest BCUT2D eigenvalue weighted by Crippen LogP contribution is 2.23. The molecule has 3 rings (SSSR count). The van der Waals surface area contributed by atoms with E-state index < -0.39 is 4.92 Å². The van der Waals surface area contributed by atoms with Crippen LogP contribution in [0.1, 0.15) is 28.4 Å². The summed E-state index contributed by atoms with van der Waals surface area (Å²) in [6.45, 7) is 4.37. The maximum Gasteiger partial charge on any atom is 0.270 e. The Hall–Kier alpha value is -2.44. The van der Waals surface area contributed by atoms with Gasteiger partial charge in [0.2, 0.25) is 0 Å². The number of amides is 1. The summed E-state index contributed by atoms with van der Waals surface area (Å²) in [5.74, 6) is -0.325. The smallest absolute Gasteiger partial charge is 0.270 e. The number of nitrogens with zero attached hydrogens (tertiary/aromatic N) is 2.